The molecule has 2 aliphatic rings. The third-order valence-electron chi connectivity index (χ3n) is 4.99. The molecule has 2 fully saturated rings. The second-order valence-electron chi connectivity index (χ2n) is 6.61. The third-order valence-corrected chi connectivity index (χ3v) is 4.99. The van der Waals surface area contributed by atoms with Gasteiger partial charge in [0.05, 0.1) is 5.56 Å². The Hall–Kier alpha value is -1.63. The second-order valence-corrected chi connectivity index (χ2v) is 6.61. The number of amides is 1. The Balaban J connectivity index is 1.69. The van der Waals surface area contributed by atoms with Crippen LogP contribution in [0.4, 0.5) is 13.2 Å². The molecule has 1 amide bonds. The van der Waals surface area contributed by atoms with Gasteiger partial charge in [-0.1, -0.05) is 6.42 Å². The number of rotatable bonds is 2. The maximum atomic E-state index is 12.5. The molecular formula is C16H20F3N3O. The number of hydrogen-bond donors (Lipinski definition) is 2. The largest absolute Gasteiger partial charge is 0.433 e. The summed E-state index contributed by atoms with van der Waals surface area (Å²) < 4.78 is 37.5. The molecule has 0 spiro atoms. The molecule has 0 radical (unpaired) electrons. The molecule has 2 unspecified atom stereocenters. The van der Waals surface area contributed by atoms with Gasteiger partial charge >= 0.3 is 6.18 Å². The zero-order chi connectivity index (χ0) is 16.6. The molecule has 23 heavy (non-hydrogen) atoms. The van der Waals surface area contributed by atoms with Gasteiger partial charge in [0, 0.05) is 18.3 Å². The van der Waals surface area contributed by atoms with Gasteiger partial charge in [-0.3, -0.25) is 9.78 Å². The molecule has 7 heteroatoms. The first-order chi connectivity index (χ1) is 10.8. The summed E-state index contributed by atoms with van der Waals surface area (Å²) >= 11 is 0. The summed E-state index contributed by atoms with van der Waals surface area (Å²) in [5.74, 6) is 0.372. The van der Waals surface area contributed by atoms with Crippen LogP contribution in [-0.2, 0) is 6.18 Å². The fourth-order valence-electron chi connectivity index (χ4n) is 3.96. The van der Waals surface area contributed by atoms with E-state index in [1.807, 2.05) is 0 Å². The summed E-state index contributed by atoms with van der Waals surface area (Å²) in [5.41, 5.74) is 5.22. The Morgan fingerprint density at radius 1 is 1.22 bits per heavy atom. The van der Waals surface area contributed by atoms with Gasteiger partial charge in [0.1, 0.15) is 5.69 Å². The lowest BCUT2D eigenvalue weighted by Crippen LogP contribution is -2.53. The van der Waals surface area contributed by atoms with E-state index in [0.29, 0.717) is 11.8 Å². The number of alkyl halides is 3. The Labute approximate surface area is 132 Å². The SMILES string of the molecule is NC1CC2CCCC(C1)C2NC(=O)c1ccc(C(F)(F)F)nc1. The fourth-order valence-corrected chi connectivity index (χ4v) is 3.96. The predicted octanol–water partition coefficient (Wildman–Crippen LogP) is 2.74. The third kappa shape index (κ3) is 3.49. The lowest BCUT2D eigenvalue weighted by atomic mass is 9.67. The average Bonchev–Trinajstić information content (AvgIpc) is 2.47. The van der Waals surface area contributed by atoms with E-state index in [-0.39, 0.29) is 23.6 Å². The monoisotopic (exact) mass is 327 g/mol. The number of fused-ring (bicyclic) bond motifs is 2. The van der Waals surface area contributed by atoms with Crippen molar-refractivity contribution in [1.82, 2.24) is 10.3 Å². The van der Waals surface area contributed by atoms with Crippen molar-refractivity contribution in [3.63, 3.8) is 0 Å². The van der Waals surface area contributed by atoms with Crippen LogP contribution in [-0.4, -0.2) is 23.0 Å². The van der Waals surface area contributed by atoms with Crippen molar-refractivity contribution in [3.05, 3.63) is 29.6 Å². The van der Waals surface area contributed by atoms with Crippen LogP contribution in [0.5, 0.6) is 0 Å². The molecule has 0 aliphatic heterocycles. The van der Waals surface area contributed by atoms with Crippen molar-refractivity contribution >= 4 is 5.91 Å². The van der Waals surface area contributed by atoms with Crippen LogP contribution >= 0.6 is 0 Å². The number of halogens is 3. The van der Waals surface area contributed by atoms with E-state index in [0.717, 1.165) is 44.4 Å². The second kappa shape index (κ2) is 6.11. The van der Waals surface area contributed by atoms with Crippen molar-refractivity contribution in [3.8, 4) is 0 Å². The van der Waals surface area contributed by atoms with Crippen LogP contribution in [0.3, 0.4) is 0 Å². The van der Waals surface area contributed by atoms with Crippen molar-refractivity contribution in [1.29, 1.82) is 0 Å². The van der Waals surface area contributed by atoms with Gasteiger partial charge in [-0.15, -0.1) is 0 Å². The van der Waals surface area contributed by atoms with E-state index in [1.165, 1.54) is 6.07 Å². The first-order valence-corrected chi connectivity index (χ1v) is 7.94. The number of aromatic nitrogens is 1. The number of nitrogens with two attached hydrogens (primary N) is 1. The highest BCUT2D eigenvalue weighted by atomic mass is 19.4. The van der Waals surface area contributed by atoms with Crippen LogP contribution in [0.25, 0.3) is 0 Å². The Bertz CT molecular complexity index is 559. The van der Waals surface area contributed by atoms with E-state index in [2.05, 4.69) is 10.3 Å². The first kappa shape index (κ1) is 16.2. The maximum Gasteiger partial charge on any atom is 0.433 e. The molecule has 1 heterocycles. The molecular weight excluding hydrogens is 307 g/mol. The quantitative estimate of drug-likeness (QED) is 0.877. The van der Waals surface area contributed by atoms with Crippen molar-refractivity contribution < 1.29 is 18.0 Å². The van der Waals surface area contributed by atoms with E-state index < -0.39 is 11.9 Å². The highest BCUT2D eigenvalue weighted by Gasteiger charge is 2.40. The summed E-state index contributed by atoms with van der Waals surface area (Å²) in [7, 11) is 0. The molecule has 2 aliphatic carbocycles. The number of pyridine rings is 1. The molecule has 1 aromatic heterocycles. The lowest BCUT2D eigenvalue weighted by Gasteiger charge is -2.45. The molecule has 3 N–H and O–H groups in total. The van der Waals surface area contributed by atoms with Gasteiger partial charge in [0.25, 0.3) is 5.91 Å². The number of nitrogens with one attached hydrogen (secondary N) is 1. The average molecular weight is 327 g/mol. The maximum absolute atomic E-state index is 12.5. The van der Waals surface area contributed by atoms with E-state index in [1.54, 1.807) is 0 Å². The minimum absolute atomic E-state index is 0.0679. The van der Waals surface area contributed by atoms with Crippen LogP contribution < -0.4 is 11.1 Å². The molecule has 2 saturated carbocycles. The molecule has 1 aromatic rings. The molecule has 126 valence electrons. The molecule has 2 bridgehead atoms. The van der Waals surface area contributed by atoms with Crippen LogP contribution in [0.15, 0.2) is 18.3 Å². The van der Waals surface area contributed by atoms with Gasteiger partial charge in [-0.25, -0.2) is 0 Å². The molecule has 3 rings (SSSR count). The summed E-state index contributed by atoms with van der Waals surface area (Å²) in [6, 6.07) is 2.27. The van der Waals surface area contributed by atoms with Crippen LogP contribution in [0.1, 0.15) is 48.2 Å². The Morgan fingerprint density at radius 2 is 1.87 bits per heavy atom. The summed E-state index contributed by atoms with van der Waals surface area (Å²) in [4.78, 5) is 15.7. The van der Waals surface area contributed by atoms with Crippen molar-refractivity contribution in [2.45, 2.75) is 50.4 Å². The molecule has 2 atom stereocenters. The zero-order valence-corrected chi connectivity index (χ0v) is 12.6. The predicted molar refractivity (Wildman–Crippen MR) is 78.5 cm³/mol. The van der Waals surface area contributed by atoms with Crippen LogP contribution in [0.2, 0.25) is 0 Å². The highest BCUT2D eigenvalue weighted by Crippen LogP contribution is 2.39. The smallest absolute Gasteiger partial charge is 0.349 e. The topological polar surface area (TPSA) is 68.0 Å². The Kier molecular flexibility index (Phi) is 4.31. The summed E-state index contributed by atoms with van der Waals surface area (Å²) in [6.07, 6.45) is 1.52. The van der Waals surface area contributed by atoms with E-state index >= 15 is 0 Å². The standard InChI is InChI=1S/C16H20F3N3O/c17-16(18,19)13-5-4-11(8-21-13)15(23)22-14-9-2-1-3-10(14)7-12(20)6-9/h4-5,8-10,12,14H,1-3,6-7,20H2,(H,22,23). The number of hydrogen-bond acceptors (Lipinski definition) is 3. The fraction of sp³-hybridized carbons (Fsp3) is 0.625. The zero-order valence-electron chi connectivity index (χ0n) is 12.6. The van der Waals surface area contributed by atoms with Gasteiger partial charge < -0.3 is 11.1 Å². The highest BCUT2D eigenvalue weighted by molar-refractivity contribution is 5.94. The van der Waals surface area contributed by atoms with Crippen molar-refractivity contribution in [2.75, 3.05) is 0 Å². The summed E-state index contributed by atoms with van der Waals surface area (Å²) in [5, 5.41) is 3.00. The number of nitrogens with zero attached hydrogens (tertiary/aromatic N) is 1. The molecule has 4 nitrogen and oxygen atoms in total. The minimum Gasteiger partial charge on any atom is -0.349 e. The van der Waals surface area contributed by atoms with Gasteiger partial charge in [0.15, 0.2) is 0 Å². The van der Waals surface area contributed by atoms with Gasteiger partial charge in [-0.2, -0.15) is 13.2 Å². The van der Waals surface area contributed by atoms with Crippen molar-refractivity contribution in [2.24, 2.45) is 17.6 Å². The first-order valence-electron chi connectivity index (χ1n) is 7.94. The normalized spacial score (nSPS) is 30.8. The summed E-state index contributed by atoms with van der Waals surface area (Å²) in [6.45, 7) is 0. The van der Waals surface area contributed by atoms with Gasteiger partial charge in [0.2, 0.25) is 0 Å². The number of carbonyl (C=O) groups is 1. The lowest BCUT2D eigenvalue weighted by molar-refractivity contribution is -0.141. The minimum atomic E-state index is -4.49. The van der Waals surface area contributed by atoms with E-state index in [9.17, 15) is 18.0 Å². The molecule has 0 saturated heterocycles. The Morgan fingerprint density at radius 3 is 2.39 bits per heavy atom. The van der Waals surface area contributed by atoms with E-state index in [4.69, 9.17) is 5.73 Å². The number of carbonyl (C=O) groups excluding carboxylic acids is 1. The van der Waals surface area contributed by atoms with Crippen LogP contribution in [0, 0.1) is 11.8 Å². The van der Waals surface area contributed by atoms with Gasteiger partial charge in [-0.05, 0) is 49.7 Å². The molecule has 0 aromatic carbocycles.